The summed E-state index contributed by atoms with van der Waals surface area (Å²) in [7, 11) is 0. The fraction of sp³-hybridized carbons (Fsp3) is 0.250. The van der Waals surface area contributed by atoms with Gasteiger partial charge in [-0.3, -0.25) is 4.79 Å². The topological polar surface area (TPSA) is 64.3 Å². The monoisotopic (exact) mass is 446 g/mol. The van der Waals surface area contributed by atoms with Gasteiger partial charge in [0, 0.05) is 11.8 Å². The van der Waals surface area contributed by atoms with Crippen LogP contribution in [0.15, 0.2) is 66.5 Å². The molecule has 1 aliphatic rings. The Morgan fingerprint density at radius 1 is 1.22 bits per heavy atom. The third kappa shape index (κ3) is 5.80. The highest BCUT2D eigenvalue weighted by atomic mass is 19.4. The van der Waals surface area contributed by atoms with Gasteiger partial charge in [0.2, 0.25) is 5.91 Å². The van der Waals surface area contributed by atoms with E-state index in [4.69, 9.17) is 10.5 Å². The van der Waals surface area contributed by atoms with E-state index in [-0.39, 0.29) is 13.0 Å². The predicted octanol–water partition coefficient (Wildman–Crippen LogP) is 5.04. The lowest BCUT2D eigenvalue weighted by molar-refractivity contribution is -0.137. The number of ether oxygens (including phenoxy) is 1. The molecule has 0 aliphatic heterocycles. The standard InChI is InChI=1S/C24H22F4N2O2/c1-15-5-10-20(32-14-16-6-8-18(9-7-16)24(26,27)28)12-21(15)22(13-29)30-23(31)17-3-2-4-19(25)11-17/h3-10,12-13,17,19H,11,14,29H2,1H3,(H,30,31)/b22-13+/t17-,19+/m0/s1. The van der Waals surface area contributed by atoms with E-state index in [0.717, 1.165) is 17.7 Å². The van der Waals surface area contributed by atoms with Gasteiger partial charge in [-0.25, -0.2) is 4.39 Å². The van der Waals surface area contributed by atoms with Gasteiger partial charge in [-0.2, -0.15) is 13.2 Å². The molecule has 32 heavy (non-hydrogen) atoms. The van der Waals surface area contributed by atoms with Crippen LogP contribution in [0.3, 0.4) is 0 Å². The highest BCUT2D eigenvalue weighted by molar-refractivity contribution is 5.90. The smallest absolute Gasteiger partial charge is 0.416 e. The number of rotatable bonds is 6. The van der Waals surface area contributed by atoms with Crippen molar-refractivity contribution in [3.05, 3.63) is 88.8 Å². The second-order valence-corrected chi connectivity index (χ2v) is 7.39. The molecule has 2 aromatic carbocycles. The molecule has 2 aromatic rings. The molecule has 0 fully saturated rings. The first-order valence-corrected chi connectivity index (χ1v) is 9.87. The number of hydrogen-bond acceptors (Lipinski definition) is 3. The molecule has 2 atom stereocenters. The maximum Gasteiger partial charge on any atom is 0.416 e. The predicted molar refractivity (Wildman–Crippen MR) is 113 cm³/mol. The molecule has 0 spiro atoms. The second kappa shape index (κ2) is 9.75. The summed E-state index contributed by atoms with van der Waals surface area (Å²) in [5.74, 6) is -0.617. The molecule has 3 rings (SSSR count). The lowest BCUT2D eigenvalue weighted by Gasteiger charge is -2.18. The molecule has 8 heteroatoms. The van der Waals surface area contributed by atoms with E-state index < -0.39 is 29.7 Å². The van der Waals surface area contributed by atoms with Gasteiger partial charge in [-0.15, -0.1) is 5.73 Å². The molecule has 0 saturated heterocycles. The Morgan fingerprint density at radius 2 is 1.94 bits per heavy atom. The SMILES string of the molecule is Cc1ccc(OCc2ccc(C(F)(F)F)cc2)cc1/C(=C\N)NC(=O)[C@H]1C=C=C[C@@H](F)C1. The number of halogens is 4. The second-order valence-electron chi connectivity index (χ2n) is 7.39. The Labute approximate surface area is 183 Å². The molecule has 0 heterocycles. The summed E-state index contributed by atoms with van der Waals surface area (Å²) < 4.78 is 57.3. The molecule has 1 aliphatic carbocycles. The normalized spacial score (nSPS) is 18.5. The average molecular weight is 446 g/mol. The Kier molecular flexibility index (Phi) is 7.05. The Morgan fingerprint density at radius 3 is 2.56 bits per heavy atom. The fourth-order valence-corrected chi connectivity index (χ4v) is 3.20. The molecule has 3 N–H and O–H groups in total. The Bertz CT molecular complexity index is 1070. The summed E-state index contributed by atoms with van der Waals surface area (Å²) in [6.07, 6.45) is -1.57. The van der Waals surface area contributed by atoms with Crippen molar-refractivity contribution in [3.8, 4) is 5.75 Å². The van der Waals surface area contributed by atoms with E-state index in [1.165, 1.54) is 30.5 Å². The first kappa shape index (κ1) is 23.2. The zero-order chi connectivity index (χ0) is 23.3. The number of nitrogens with one attached hydrogen (secondary N) is 1. The number of benzene rings is 2. The average Bonchev–Trinajstić information content (AvgIpc) is 2.76. The number of hydrogen-bond donors (Lipinski definition) is 2. The van der Waals surface area contributed by atoms with Crippen LogP contribution in [0.5, 0.6) is 5.75 Å². The first-order chi connectivity index (χ1) is 15.2. The minimum Gasteiger partial charge on any atom is -0.489 e. The van der Waals surface area contributed by atoms with Crippen molar-refractivity contribution in [2.24, 2.45) is 11.7 Å². The zero-order valence-electron chi connectivity index (χ0n) is 17.2. The molecular formula is C24H22F4N2O2. The van der Waals surface area contributed by atoms with Crippen molar-refractivity contribution >= 4 is 11.6 Å². The Balaban J connectivity index is 1.70. The van der Waals surface area contributed by atoms with Gasteiger partial charge < -0.3 is 15.8 Å². The number of nitrogens with two attached hydrogens (primary N) is 1. The van der Waals surface area contributed by atoms with Crippen LogP contribution in [0.25, 0.3) is 5.70 Å². The minimum atomic E-state index is -4.39. The number of carbonyl (C=O) groups excluding carboxylic acids is 1. The van der Waals surface area contributed by atoms with Crippen molar-refractivity contribution < 1.29 is 27.1 Å². The molecule has 0 aromatic heterocycles. The number of alkyl halides is 4. The molecule has 0 unspecified atom stereocenters. The summed E-state index contributed by atoms with van der Waals surface area (Å²) >= 11 is 0. The largest absolute Gasteiger partial charge is 0.489 e. The highest BCUT2D eigenvalue weighted by Crippen LogP contribution is 2.29. The van der Waals surface area contributed by atoms with Crippen molar-refractivity contribution in [2.75, 3.05) is 0 Å². The van der Waals surface area contributed by atoms with Crippen LogP contribution in [0.4, 0.5) is 17.6 Å². The third-order valence-corrected chi connectivity index (χ3v) is 5.00. The van der Waals surface area contributed by atoms with E-state index in [2.05, 4.69) is 11.0 Å². The number of aryl methyl sites for hydroxylation is 1. The lowest BCUT2D eigenvalue weighted by Crippen LogP contribution is -2.31. The van der Waals surface area contributed by atoms with Gasteiger partial charge in [-0.1, -0.05) is 18.2 Å². The van der Waals surface area contributed by atoms with E-state index in [1.807, 2.05) is 6.92 Å². The van der Waals surface area contributed by atoms with Crippen LogP contribution in [-0.4, -0.2) is 12.1 Å². The quantitative estimate of drug-likeness (QED) is 0.483. The fourth-order valence-electron chi connectivity index (χ4n) is 3.20. The molecule has 0 saturated carbocycles. The zero-order valence-corrected chi connectivity index (χ0v) is 17.2. The van der Waals surface area contributed by atoms with Gasteiger partial charge in [0.25, 0.3) is 0 Å². The van der Waals surface area contributed by atoms with Gasteiger partial charge >= 0.3 is 6.18 Å². The summed E-state index contributed by atoms with van der Waals surface area (Å²) in [6.45, 7) is 1.89. The van der Waals surface area contributed by atoms with Crippen LogP contribution < -0.4 is 15.8 Å². The van der Waals surface area contributed by atoms with Crippen LogP contribution in [0, 0.1) is 12.8 Å². The van der Waals surface area contributed by atoms with E-state index in [9.17, 15) is 22.4 Å². The Hall–Kier alpha value is -3.51. The van der Waals surface area contributed by atoms with Crippen molar-refractivity contribution in [3.63, 3.8) is 0 Å². The van der Waals surface area contributed by atoms with E-state index in [0.29, 0.717) is 22.6 Å². The summed E-state index contributed by atoms with van der Waals surface area (Å²) in [6, 6.07) is 9.87. The molecule has 4 nitrogen and oxygen atoms in total. The maximum atomic E-state index is 13.5. The number of amides is 1. The van der Waals surface area contributed by atoms with Crippen molar-refractivity contribution in [2.45, 2.75) is 32.3 Å². The minimum absolute atomic E-state index is 0.0337. The van der Waals surface area contributed by atoms with Crippen LogP contribution in [0.1, 0.15) is 28.7 Å². The lowest BCUT2D eigenvalue weighted by atomic mass is 9.97. The number of carbonyl (C=O) groups is 1. The van der Waals surface area contributed by atoms with Crippen molar-refractivity contribution in [1.29, 1.82) is 0 Å². The molecular weight excluding hydrogens is 424 g/mol. The van der Waals surface area contributed by atoms with Crippen LogP contribution in [-0.2, 0) is 17.6 Å². The van der Waals surface area contributed by atoms with Gasteiger partial charge in [0.15, 0.2) is 0 Å². The van der Waals surface area contributed by atoms with Gasteiger partial charge in [-0.05, 0) is 60.9 Å². The van der Waals surface area contributed by atoms with E-state index >= 15 is 0 Å². The van der Waals surface area contributed by atoms with Crippen molar-refractivity contribution in [1.82, 2.24) is 5.32 Å². The molecule has 0 bridgehead atoms. The molecule has 1 amide bonds. The van der Waals surface area contributed by atoms with Gasteiger partial charge in [0.05, 0.1) is 17.2 Å². The molecule has 0 radical (unpaired) electrons. The summed E-state index contributed by atoms with van der Waals surface area (Å²) in [5, 5.41) is 2.72. The molecule has 168 valence electrons. The maximum absolute atomic E-state index is 13.5. The highest BCUT2D eigenvalue weighted by Gasteiger charge is 2.30. The van der Waals surface area contributed by atoms with Crippen LogP contribution in [0.2, 0.25) is 0 Å². The summed E-state index contributed by atoms with van der Waals surface area (Å²) in [5.41, 5.74) is 9.97. The van der Waals surface area contributed by atoms with Gasteiger partial charge in [0.1, 0.15) is 18.5 Å². The summed E-state index contributed by atoms with van der Waals surface area (Å²) in [4.78, 5) is 12.5. The van der Waals surface area contributed by atoms with E-state index in [1.54, 1.807) is 18.2 Å². The van der Waals surface area contributed by atoms with Crippen LogP contribution >= 0.6 is 0 Å². The third-order valence-electron chi connectivity index (χ3n) is 5.00. The first-order valence-electron chi connectivity index (χ1n) is 9.87.